The van der Waals surface area contributed by atoms with E-state index >= 15 is 0 Å². The minimum atomic E-state index is -0.520. The quantitative estimate of drug-likeness (QED) is 0.433. The summed E-state index contributed by atoms with van der Waals surface area (Å²) in [5.74, 6) is 0.733. The average molecular weight is 424 g/mol. The number of nitrogens with one attached hydrogen (secondary N) is 1. The first-order valence-electron chi connectivity index (χ1n) is 9.30. The molecule has 0 aliphatic rings. The topological polar surface area (TPSA) is 80.2 Å². The van der Waals surface area contributed by atoms with Crippen LogP contribution in [0, 0.1) is 32.1 Å². The molecule has 2 aromatic heterocycles. The molecule has 0 saturated carbocycles. The number of nitriles is 1. The van der Waals surface area contributed by atoms with Gasteiger partial charge in [-0.3, -0.25) is 4.79 Å². The van der Waals surface area contributed by atoms with Crippen LogP contribution < -0.4 is 10.1 Å². The summed E-state index contributed by atoms with van der Waals surface area (Å²) in [7, 11) is 1.49. The molecule has 3 rings (SSSR count). The number of methoxy groups -OCH3 is 1. The van der Waals surface area contributed by atoms with Crippen molar-refractivity contribution in [2.75, 3.05) is 12.4 Å². The highest BCUT2D eigenvalue weighted by atomic mass is 35.5. The molecule has 1 aromatic carbocycles. The maximum absolute atomic E-state index is 12.8. The third kappa shape index (κ3) is 4.42. The van der Waals surface area contributed by atoms with Crippen LogP contribution in [0.15, 0.2) is 46.6 Å². The first kappa shape index (κ1) is 21.3. The highest BCUT2D eigenvalue weighted by molar-refractivity contribution is 6.31. The molecule has 0 spiro atoms. The van der Waals surface area contributed by atoms with Gasteiger partial charge in [-0.15, -0.1) is 0 Å². The molecule has 0 radical (unpaired) electrons. The van der Waals surface area contributed by atoms with Gasteiger partial charge in [-0.05, 0) is 62.2 Å². The summed E-state index contributed by atoms with van der Waals surface area (Å²) in [5.41, 5.74) is 3.96. The largest absolute Gasteiger partial charge is 0.495 e. The van der Waals surface area contributed by atoms with Gasteiger partial charge in [0, 0.05) is 22.5 Å². The van der Waals surface area contributed by atoms with Gasteiger partial charge < -0.3 is 19.0 Å². The lowest BCUT2D eigenvalue weighted by atomic mass is 10.1. The Morgan fingerprint density at radius 1 is 1.33 bits per heavy atom. The van der Waals surface area contributed by atoms with Crippen LogP contribution in [0.5, 0.6) is 5.75 Å². The standard InChI is InChI=1S/C23H22ClN3O3/c1-14-8-21(22(29-4)11-20(14)24)26-23(28)18(12-25)10-17-9-15(2)27(16(17)3)13-19-6-5-7-30-19/h5-11H,13H2,1-4H3,(H,26,28)/b18-10+. The van der Waals surface area contributed by atoms with Crippen molar-refractivity contribution in [2.24, 2.45) is 0 Å². The lowest BCUT2D eigenvalue weighted by molar-refractivity contribution is -0.112. The summed E-state index contributed by atoms with van der Waals surface area (Å²) in [6.07, 6.45) is 3.22. The minimum absolute atomic E-state index is 0.0112. The van der Waals surface area contributed by atoms with Crippen LogP contribution in [0.25, 0.3) is 6.08 Å². The summed E-state index contributed by atoms with van der Waals surface area (Å²) in [6, 6.07) is 11.0. The van der Waals surface area contributed by atoms with Crippen LogP contribution in [0.3, 0.4) is 0 Å². The van der Waals surface area contributed by atoms with Crippen LogP contribution in [0.1, 0.15) is 28.3 Å². The summed E-state index contributed by atoms with van der Waals surface area (Å²) >= 11 is 6.12. The van der Waals surface area contributed by atoms with Gasteiger partial charge in [0.2, 0.25) is 0 Å². The van der Waals surface area contributed by atoms with E-state index < -0.39 is 5.91 Å². The smallest absolute Gasteiger partial charge is 0.266 e. The maximum Gasteiger partial charge on any atom is 0.266 e. The molecule has 154 valence electrons. The molecular formula is C23H22ClN3O3. The van der Waals surface area contributed by atoms with E-state index in [0.717, 1.165) is 28.3 Å². The van der Waals surface area contributed by atoms with Crippen LogP contribution in [0.2, 0.25) is 5.02 Å². The zero-order chi connectivity index (χ0) is 21.8. The van der Waals surface area contributed by atoms with Gasteiger partial charge in [-0.2, -0.15) is 5.26 Å². The van der Waals surface area contributed by atoms with E-state index in [1.165, 1.54) is 7.11 Å². The van der Waals surface area contributed by atoms with Gasteiger partial charge in [0.1, 0.15) is 23.2 Å². The Balaban J connectivity index is 1.88. The van der Waals surface area contributed by atoms with E-state index in [2.05, 4.69) is 9.88 Å². The number of carbonyl (C=O) groups excluding carboxylic acids is 1. The average Bonchev–Trinajstić information content (AvgIpc) is 3.32. The number of carbonyl (C=O) groups is 1. The SMILES string of the molecule is COc1cc(Cl)c(C)cc1NC(=O)/C(C#N)=C/c1cc(C)n(Cc2ccco2)c1C. The van der Waals surface area contributed by atoms with Crippen molar-refractivity contribution in [2.45, 2.75) is 27.3 Å². The van der Waals surface area contributed by atoms with Crippen molar-refractivity contribution >= 4 is 29.3 Å². The molecule has 0 atom stereocenters. The lowest BCUT2D eigenvalue weighted by Gasteiger charge is -2.12. The number of rotatable bonds is 6. The zero-order valence-corrected chi connectivity index (χ0v) is 18.0. The number of amides is 1. The molecule has 0 unspecified atom stereocenters. The molecule has 3 aromatic rings. The first-order chi connectivity index (χ1) is 14.3. The second kappa shape index (κ2) is 8.93. The van der Waals surface area contributed by atoms with Gasteiger partial charge in [-0.1, -0.05) is 11.6 Å². The number of halogens is 1. The molecule has 7 heteroatoms. The summed E-state index contributed by atoms with van der Waals surface area (Å²) in [4.78, 5) is 12.8. The number of hydrogen-bond acceptors (Lipinski definition) is 4. The predicted octanol–water partition coefficient (Wildman–Crippen LogP) is 5.26. The summed E-state index contributed by atoms with van der Waals surface area (Å²) in [5, 5.41) is 12.9. The van der Waals surface area contributed by atoms with Gasteiger partial charge in [-0.25, -0.2) is 0 Å². The number of ether oxygens (including phenoxy) is 1. The molecule has 6 nitrogen and oxygen atoms in total. The molecule has 0 aliphatic heterocycles. The Hall–Kier alpha value is -3.43. The molecule has 2 heterocycles. The number of hydrogen-bond donors (Lipinski definition) is 1. The molecule has 0 bridgehead atoms. The Labute approximate surface area is 180 Å². The fourth-order valence-electron chi connectivity index (χ4n) is 3.20. The predicted molar refractivity (Wildman–Crippen MR) is 117 cm³/mol. The minimum Gasteiger partial charge on any atom is -0.495 e. The van der Waals surface area contributed by atoms with E-state index in [-0.39, 0.29) is 5.57 Å². The number of furan rings is 1. The Morgan fingerprint density at radius 3 is 2.73 bits per heavy atom. The normalized spacial score (nSPS) is 11.3. The van der Waals surface area contributed by atoms with Crippen molar-refractivity contribution < 1.29 is 13.9 Å². The fraction of sp³-hybridized carbons (Fsp3) is 0.217. The summed E-state index contributed by atoms with van der Waals surface area (Å²) < 4.78 is 12.8. The Morgan fingerprint density at radius 2 is 2.10 bits per heavy atom. The van der Waals surface area contributed by atoms with E-state index in [9.17, 15) is 10.1 Å². The summed E-state index contributed by atoms with van der Waals surface area (Å²) in [6.45, 7) is 6.32. The molecule has 1 amide bonds. The van der Waals surface area contributed by atoms with Crippen LogP contribution in [0.4, 0.5) is 5.69 Å². The third-order valence-corrected chi connectivity index (χ3v) is 5.31. The van der Waals surface area contributed by atoms with Gasteiger partial charge in [0.05, 0.1) is 25.6 Å². The highest BCUT2D eigenvalue weighted by Gasteiger charge is 2.16. The van der Waals surface area contributed by atoms with Gasteiger partial charge in [0.25, 0.3) is 5.91 Å². The molecule has 30 heavy (non-hydrogen) atoms. The molecular weight excluding hydrogens is 402 g/mol. The third-order valence-electron chi connectivity index (χ3n) is 4.90. The van der Waals surface area contributed by atoms with Crippen molar-refractivity contribution in [1.29, 1.82) is 5.26 Å². The fourth-order valence-corrected chi connectivity index (χ4v) is 3.35. The van der Waals surface area contributed by atoms with E-state index in [4.69, 9.17) is 20.8 Å². The number of anilines is 1. The van der Waals surface area contributed by atoms with Gasteiger partial charge >= 0.3 is 0 Å². The van der Waals surface area contributed by atoms with Gasteiger partial charge in [0.15, 0.2) is 0 Å². The Bertz CT molecular complexity index is 1150. The number of aromatic nitrogens is 1. The van der Waals surface area contributed by atoms with Crippen molar-refractivity contribution in [1.82, 2.24) is 4.57 Å². The number of aryl methyl sites for hydroxylation is 2. The van der Waals surface area contributed by atoms with Crippen LogP contribution in [-0.4, -0.2) is 17.6 Å². The lowest BCUT2D eigenvalue weighted by Crippen LogP contribution is -2.14. The maximum atomic E-state index is 12.8. The zero-order valence-electron chi connectivity index (χ0n) is 17.2. The van der Waals surface area contributed by atoms with Crippen LogP contribution >= 0.6 is 11.6 Å². The molecule has 0 fully saturated rings. The molecule has 1 N–H and O–H groups in total. The Kier molecular flexibility index (Phi) is 6.34. The van der Waals surface area contributed by atoms with E-state index in [0.29, 0.717) is 23.0 Å². The van der Waals surface area contributed by atoms with Crippen LogP contribution in [-0.2, 0) is 11.3 Å². The molecule has 0 saturated heterocycles. The monoisotopic (exact) mass is 423 g/mol. The van der Waals surface area contributed by atoms with Crippen molar-refractivity contribution in [3.8, 4) is 11.8 Å². The molecule has 0 aliphatic carbocycles. The second-order valence-electron chi connectivity index (χ2n) is 6.92. The number of nitrogens with zero attached hydrogens (tertiary/aromatic N) is 2. The van der Waals surface area contributed by atoms with Crippen molar-refractivity contribution in [3.05, 3.63) is 75.5 Å². The van der Waals surface area contributed by atoms with Crippen molar-refractivity contribution in [3.63, 3.8) is 0 Å². The van der Waals surface area contributed by atoms with E-state index in [1.54, 1.807) is 24.5 Å². The van der Waals surface area contributed by atoms with E-state index in [1.807, 2.05) is 45.0 Å². The second-order valence-corrected chi connectivity index (χ2v) is 7.32. The first-order valence-corrected chi connectivity index (χ1v) is 9.68. The number of benzene rings is 1. The highest BCUT2D eigenvalue weighted by Crippen LogP contribution is 2.31.